The molecule has 0 aromatic carbocycles. The van der Waals surface area contributed by atoms with Gasteiger partial charge in [-0.2, -0.15) is 0 Å². The Kier molecular flexibility index (Phi) is 4.86. The van der Waals surface area contributed by atoms with Crippen molar-refractivity contribution in [2.45, 2.75) is 24.8 Å². The Morgan fingerprint density at radius 3 is 2.82 bits per heavy atom. The van der Waals surface area contributed by atoms with Gasteiger partial charge in [0.1, 0.15) is 5.82 Å². The number of anilines is 1. The van der Waals surface area contributed by atoms with Crippen molar-refractivity contribution in [3.8, 4) is 0 Å². The van der Waals surface area contributed by atoms with E-state index in [2.05, 4.69) is 9.71 Å². The fraction of sp³-hybridized carbons (Fsp3) is 0.500. The van der Waals surface area contributed by atoms with Crippen molar-refractivity contribution in [3.63, 3.8) is 0 Å². The van der Waals surface area contributed by atoms with Gasteiger partial charge >= 0.3 is 0 Å². The molecule has 0 saturated carbocycles. The molecule has 96 valence electrons. The number of nitrogens with one attached hydrogen (secondary N) is 1. The van der Waals surface area contributed by atoms with Crippen molar-refractivity contribution in [1.82, 2.24) is 9.71 Å². The van der Waals surface area contributed by atoms with Gasteiger partial charge in [-0.3, -0.25) is 0 Å². The summed E-state index contributed by atoms with van der Waals surface area (Å²) in [5.74, 6) is 0.173. The summed E-state index contributed by atoms with van der Waals surface area (Å²) in [6.07, 6.45) is 1.44. The molecule has 7 heteroatoms. The molecule has 0 amide bonds. The molecule has 0 radical (unpaired) electrons. The first-order valence-electron chi connectivity index (χ1n) is 5.24. The van der Waals surface area contributed by atoms with Crippen molar-refractivity contribution < 1.29 is 13.2 Å². The predicted octanol–water partition coefficient (Wildman–Crippen LogP) is 0.367. The highest BCUT2D eigenvalue weighted by Crippen LogP contribution is 2.09. The van der Waals surface area contributed by atoms with E-state index >= 15 is 0 Å². The molecule has 6 nitrogen and oxygen atoms in total. The Bertz CT molecular complexity index is 460. The van der Waals surface area contributed by atoms with Crippen LogP contribution in [-0.2, 0) is 14.8 Å². The van der Waals surface area contributed by atoms with Gasteiger partial charge in [0.25, 0.3) is 0 Å². The minimum absolute atomic E-state index is 0.0797. The van der Waals surface area contributed by atoms with Gasteiger partial charge in [-0.1, -0.05) is 0 Å². The summed E-state index contributed by atoms with van der Waals surface area (Å²) in [5.41, 5.74) is 5.42. The molecule has 0 fully saturated rings. The van der Waals surface area contributed by atoms with Crippen molar-refractivity contribution in [1.29, 1.82) is 0 Å². The van der Waals surface area contributed by atoms with Gasteiger partial charge in [-0.25, -0.2) is 18.1 Å². The number of hydrogen-bond donors (Lipinski definition) is 2. The molecule has 1 heterocycles. The van der Waals surface area contributed by atoms with Crippen molar-refractivity contribution in [3.05, 3.63) is 18.3 Å². The van der Waals surface area contributed by atoms with E-state index in [9.17, 15) is 8.42 Å². The first-order chi connectivity index (χ1) is 7.92. The Morgan fingerprint density at radius 1 is 1.53 bits per heavy atom. The highest BCUT2D eigenvalue weighted by atomic mass is 32.2. The second-order valence-electron chi connectivity index (χ2n) is 3.73. The van der Waals surface area contributed by atoms with Crippen molar-refractivity contribution in [2.75, 3.05) is 18.9 Å². The molecule has 17 heavy (non-hydrogen) atoms. The first kappa shape index (κ1) is 13.9. The lowest BCUT2D eigenvalue weighted by molar-refractivity contribution is 0.0834. The number of aromatic nitrogens is 1. The second-order valence-corrected chi connectivity index (χ2v) is 5.50. The largest absolute Gasteiger partial charge is 0.384 e. The molecular formula is C10H17N3O3S. The molecule has 1 aromatic heterocycles. The third kappa shape index (κ3) is 4.68. The maximum absolute atomic E-state index is 11.8. The van der Waals surface area contributed by atoms with Gasteiger partial charge in [0.05, 0.1) is 17.6 Å². The summed E-state index contributed by atoms with van der Waals surface area (Å²) < 4.78 is 31.2. The Balaban J connectivity index is 2.57. The maximum atomic E-state index is 11.8. The zero-order valence-corrected chi connectivity index (χ0v) is 10.7. The minimum Gasteiger partial charge on any atom is -0.384 e. The van der Waals surface area contributed by atoms with Crippen LogP contribution in [0.3, 0.4) is 0 Å². The molecule has 0 atom stereocenters. The van der Waals surface area contributed by atoms with Crippen LogP contribution < -0.4 is 10.5 Å². The molecule has 0 saturated heterocycles. The van der Waals surface area contributed by atoms with Crippen LogP contribution in [0.5, 0.6) is 0 Å². The van der Waals surface area contributed by atoms with E-state index in [1.165, 1.54) is 18.3 Å². The SMILES string of the molecule is CC(C)OCCNS(=O)(=O)c1ccnc(N)c1. The highest BCUT2D eigenvalue weighted by molar-refractivity contribution is 7.89. The number of pyridine rings is 1. The molecule has 0 unspecified atom stereocenters. The van der Waals surface area contributed by atoms with E-state index in [4.69, 9.17) is 10.5 Å². The van der Waals surface area contributed by atoms with Crippen molar-refractivity contribution in [2.24, 2.45) is 0 Å². The highest BCUT2D eigenvalue weighted by Gasteiger charge is 2.13. The standard InChI is InChI=1S/C10H17N3O3S/c1-8(2)16-6-5-13-17(14,15)9-3-4-12-10(11)7-9/h3-4,7-8,13H,5-6H2,1-2H3,(H2,11,12). The van der Waals surface area contributed by atoms with Crippen LogP contribution >= 0.6 is 0 Å². The lowest BCUT2D eigenvalue weighted by Gasteiger charge is -2.09. The van der Waals surface area contributed by atoms with Crippen molar-refractivity contribution >= 4 is 15.8 Å². The summed E-state index contributed by atoms with van der Waals surface area (Å²) in [6, 6.07) is 2.70. The molecule has 0 bridgehead atoms. The summed E-state index contributed by atoms with van der Waals surface area (Å²) in [4.78, 5) is 3.84. The number of nitrogens with two attached hydrogens (primary N) is 1. The zero-order valence-electron chi connectivity index (χ0n) is 9.88. The van der Waals surface area contributed by atoms with Crippen LogP contribution in [0.15, 0.2) is 23.2 Å². The zero-order chi connectivity index (χ0) is 12.9. The van der Waals surface area contributed by atoms with E-state index < -0.39 is 10.0 Å². The average Bonchev–Trinajstić information content (AvgIpc) is 2.24. The van der Waals surface area contributed by atoms with E-state index in [0.717, 1.165) is 0 Å². The Hall–Kier alpha value is -1.18. The van der Waals surface area contributed by atoms with Gasteiger partial charge < -0.3 is 10.5 Å². The predicted molar refractivity (Wildman–Crippen MR) is 64.9 cm³/mol. The number of nitrogens with zero attached hydrogens (tertiary/aromatic N) is 1. The third-order valence-corrected chi connectivity index (χ3v) is 3.37. The number of rotatable bonds is 6. The van der Waals surface area contributed by atoms with Gasteiger partial charge in [-0.05, 0) is 19.9 Å². The molecular weight excluding hydrogens is 242 g/mol. The molecule has 0 aliphatic heterocycles. The van der Waals surface area contributed by atoms with Gasteiger partial charge in [-0.15, -0.1) is 0 Å². The van der Waals surface area contributed by atoms with Crippen LogP contribution in [0.25, 0.3) is 0 Å². The van der Waals surface area contributed by atoms with E-state index in [1.807, 2.05) is 13.8 Å². The van der Waals surface area contributed by atoms with E-state index in [1.54, 1.807) is 0 Å². The lowest BCUT2D eigenvalue weighted by Crippen LogP contribution is -2.28. The van der Waals surface area contributed by atoms with Crippen LogP contribution in [0, 0.1) is 0 Å². The van der Waals surface area contributed by atoms with Gasteiger partial charge in [0.2, 0.25) is 10.0 Å². The molecule has 1 aromatic rings. The normalized spacial score (nSPS) is 11.9. The summed E-state index contributed by atoms with van der Waals surface area (Å²) in [7, 11) is -3.53. The third-order valence-electron chi connectivity index (χ3n) is 1.91. The summed E-state index contributed by atoms with van der Waals surface area (Å²) in [5, 5.41) is 0. The van der Waals surface area contributed by atoms with Gasteiger partial charge in [0.15, 0.2) is 0 Å². The topological polar surface area (TPSA) is 94.3 Å². The van der Waals surface area contributed by atoms with Gasteiger partial charge in [0, 0.05) is 18.8 Å². The monoisotopic (exact) mass is 259 g/mol. The molecule has 0 aliphatic carbocycles. The second kappa shape index (κ2) is 5.95. The van der Waals surface area contributed by atoms with Crippen LogP contribution in [0.2, 0.25) is 0 Å². The van der Waals surface area contributed by atoms with Crippen LogP contribution in [0.1, 0.15) is 13.8 Å². The number of hydrogen-bond acceptors (Lipinski definition) is 5. The number of nitrogen functional groups attached to an aromatic ring is 1. The smallest absolute Gasteiger partial charge is 0.240 e. The molecule has 1 rings (SSSR count). The maximum Gasteiger partial charge on any atom is 0.240 e. The first-order valence-corrected chi connectivity index (χ1v) is 6.73. The Morgan fingerprint density at radius 2 is 2.24 bits per heavy atom. The quantitative estimate of drug-likeness (QED) is 0.720. The summed E-state index contributed by atoms with van der Waals surface area (Å²) in [6.45, 7) is 4.33. The number of ether oxygens (including phenoxy) is 1. The summed E-state index contributed by atoms with van der Waals surface area (Å²) >= 11 is 0. The molecule has 3 N–H and O–H groups in total. The lowest BCUT2D eigenvalue weighted by atomic mass is 10.5. The van der Waals surface area contributed by atoms with Crippen LogP contribution in [-0.4, -0.2) is 32.7 Å². The number of sulfonamides is 1. The molecule has 0 aliphatic rings. The van der Waals surface area contributed by atoms with E-state index in [-0.39, 0.29) is 23.4 Å². The Labute approximate surface area is 101 Å². The average molecular weight is 259 g/mol. The minimum atomic E-state index is -3.53. The fourth-order valence-electron chi connectivity index (χ4n) is 1.15. The molecule has 0 spiro atoms. The van der Waals surface area contributed by atoms with Crippen LogP contribution in [0.4, 0.5) is 5.82 Å². The fourth-order valence-corrected chi connectivity index (χ4v) is 2.18. The van der Waals surface area contributed by atoms with E-state index in [0.29, 0.717) is 6.61 Å².